The summed E-state index contributed by atoms with van der Waals surface area (Å²) in [7, 11) is 0. The van der Waals surface area contributed by atoms with Gasteiger partial charge in [-0.2, -0.15) is 0 Å². The van der Waals surface area contributed by atoms with Gasteiger partial charge in [0.2, 0.25) is 5.91 Å². The Morgan fingerprint density at radius 3 is 2.40 bits per heavy atom. The Balaban J connectivity index is 1.69. The summed E-state index contributed by atoms with van der Waals surface area (Å²) in [5.74, 6) is 0.181. The molecule has 0 aromatic heterocycles. The molecule has 1 aliphatic carbocycles. The monoisotopic (exact) mass is 492 g/mol. The first-order valence-corrected chi connectivity index (χ1v) is 11.3. The first-order chi connectivity index (χ1) is 14.4. The smallest absolute Gasteiger partial charge is 0.261 e. The van der Waals surface area contributed by atoms with Crippen LogP contribution < -0.4 is 10.1 Å². The van der Waals surface area contributed by atoms with Gasteiger partial charge in [0.25, 0.3) is 5.91 Å². The SMILES string of the molecule is CC(C(=O)NC1CCCC1)N(Cc1ccc(Br)cc1)C(=O)COc1ccc(Cl)cc1. The minimum atomic E-state index is -0.601. The fourth-order valence-electron chi connectivity index (χ4n) is 3.52. The Hall–Kier alpha value is -2.05. The van der Waals surface area contributed by atoms with Gasteiger partial charge in [0.15, 0.2) is 6.61 Å². The third kappa shape index (κ3) is 6.47. The number of hydrogen-bond acceptors (Lipinski definition) is 3. The number of carbonyl (C=O) groups excluding carboxylic acids is 2. The van der Waals surface area contributed by atoms with Crippen LogP contribution in [0.15, 0.2) is 53.0 Å². The molecular formula is C23H26BrClN2O3. The van der Waals surface area contributed by atoms with Gasteiger partial charge < -0.3 is 15.0 Å². The van der Waals surface area contributed by atoms with Crippen LogP contribution in [-0.4, -0.2) is 35.4 Å². The van der Waals surface area contributed by atoms with E-state index in [2.05, 4.69) is 21.2 Å². The van der Waals surface area contributed by atoms with Gasteiger partial charge in [-0.3, -0.25) is 9.59 Å². The van der Waals surface area contributed by atoms with Crippen molar-refractivity contribution < 1.29 is 14.3 Å². The number of nitrogens with one attached hydrogen (secondary N) is 1. The Labute approximate surface area is 190 Å². The third-order valence-corrected chi connectivity index (χ3v) is 6.09. The molecule has 0 saturated heterocycles. The van der Waals surface area contributed by atoms with Crippen LogP contribution in [0.25, 0.3) is 0 Å². The number of ether oxygens (including phenoxy) is 1. The lowest BCUT2D eigenvalue weighted by Gasteiger charge is -2.29. The van der Waals surface area contributed by atoms with E-state index >= 15 is 0 Å². The van der Waals surface area contributed by atoms with Crippen LogP contribution in [0, 0.1) is 0 Å². The molecule has 0 heterocycles. The lowest BCUT2D eigenvalue weighted by molar-refractivity contribution is -0.142. The molecule has 0 bridgehead atoms. The van der Waals surface area contributed by atoms with E-state index in [1.807, 2.05) is 24.3 Å². The van der Waals surface area contributed by atoms with Gasteiger partial charge >= 0.3 is 0 Å². The molecule has 30 heavy (non-hydrogen) atoms. The molecule has 2 amide bonds. The molecule has 0 aliphatic heterocycles. The first-order valence-electron chi connectivity index (χ1n) is 10.1. The maximum absolute atomic E-state index is 13.0. The predicted octanol–water partition coefficient (Wildman–Crippen LogP) is 4.96. The molecule has 1 atom stereocenters. The van der Waals surface area contributed by atoms with Crippen molar-refractivity contribution in [2.24, 2.45) is 0 Å². The van der Waals surface area contributed by atoms with E-state index in [1.165, 1.54) is 0 Å². The zero-order valence-corrected chi connectivity index (χ0v) is 19.3. The molecule has 2 aromatic rings. The van der Waals surface area contributed by atoms with Crippen molar-refractivity contribution in [3.63, 3.8) is 0 Å². The molecule has 0 radical (unpaired) electrons. The number of nitrogens with zero attached hydrogens (tertiary/aromatic N) is 1. The molecule has 2 aromatic carbocycles. The summed E-state index contributed by atoms with van der Waals surface area (Å²) in [6.07, 6.45) is 4.27. The summed E-state index contributed by atoms with van der Waals surface area (Å²) in [5.41, 5.74) is 0.943. The zero-order chi connectivity index (χ0) is 21.5. The van der Waals surface area contributed by atoms with Crippen molar-refractivity contribution >= 4 is 39.3 Å². The molecule has 1 fully saturated rings. The molecule has 7 heteroatoms. The van der Waals surface area contributed by atoms with Crippen LogP contribution in [0.1, 0.15) is 38.2 Å². The van der Waals surface area contributed by atoms with E-state index in [-0.39, 0.29) is 24.5 Å². The topological polar surface area (TPSA) is 58.6 Å². The van der Waals surface area contributed by atoms with Gasteiger partial charge in [0.05, 0.1) is 0 Å². The molecule has 1 aliphatic rings. The van der Waals surface area contributed by atoms with Crippen molar-refractivity contribution in [1.29, 1.82) is 0 Å². The fraction of sp³-hybridized carbons (Fsp3) is 0.391. The van der Waals surface area contributed by atoms with Crippen molar-refractivity contribution in [3.05, 3.63) is 63.6 Å². The summed E-state index contributed by atoms with van der Waals surface area (Å²) in [4.78, 5) is 27.4. The second-order valence-electron chi connectivity index (χ2n) is 7.56. The number of amides is 2. The summed E-state index contributed by atoms with van der Waals surface area (Å²) in [5, 5.41) is 3.69. The molecule has 5 nitrogen and oxygen atoms in total. The van der Waals surface area contributed by atoms with Gasteiger partial charge in [-0.1, -0.05) is 52.5 Å². The molecule has 0 spiro atoms. The van der Waals surface area contributed by atoms with Crippen molar-refractivity contribution in [1.82, 2.24) is 10.2 Å². The van der Waals surface area contributed by atoms with Crippen LogP contribution in [0.3, 0.4) is 0 Å². The van der Waals surface area contributed by atoms with E-state index < -0.39 is 6.04 Å². The van der Waals surface area contributed by atoms with Crippen LogP contribution in [0.4, 0.5) is 0 Å². The number of rotatable bonds is 8. The minimum Gasteiger partial charge on any atom is -0.484 e. The standard InChI is InChI=1S/C23H26BrClN2O3/c1-16(23(29)26-20-4-2-3-5-20)27(14-17-6-8-18(24)9-7-17)22(28)15-30-21-12-10-19(25)11-13-21/h6-13,16,20H,2-5,14-15H2,1H3,(H,26,29). The molecule has 1 unspecified atom stereocenters. The van der Waals surface area contributed by atoms with Crippen LogP contribution in [-0.2, 0) is 16.1 Å². The highest BCUT2D eigenvalue weighted by molar-refractivity contribution is 9.10. The van der Waals surface area contributed by atoms with Gasteiger partial charge in [0.1, 0.15) is 11.8 Å². The van der Waals surface area contributed by atoms with Crippen LogP contribution >= 0.6 is 27.5 Å². The highest BCUT2D eigenvalue weighted by atomic mass is 79.9. The largest absolute Gasteiger partial charge is 0.484 e. The highest BCUT2D eigenvalue weighted by Crippen LogP contribution is 2.20. The van der Waals surface area contributed by atoms with Crippen molar-refractivity contribution in [2.75, 3.05) is 6.61 Å². The van der Waals surface area contributed by atoms with Crippen molar-refractivity contribution in [2.45, 2.75) is 51.2 Å². The molecule has 1 N–H and O–H groups in total. The predicted molar refractivity (Wildman–Crippen MR) is 121 cm³/mol. The Bertz CT molecular complexity index is 852. The van der Waals surface area contributed by atoms with E-state index in [4.69, 9.17) is 16.3 Å². The molecular weight excluding hydrogens is 468 g/mol. The van der Waals surface area contributed by atoms with Gasteiger partial charge in [-0.05, 0) is 61.7 Å². The van der Waals surface area contributed by atoms with E-state index in [1.54, 1.807) is 36.1 Å². The lowest BCUT2D eigenvalue weighted by atomic mass is 10.1. The fourth-order valence-corrected chi connectivity index (χ4v) is 3.91. The highest BCUT2D eigenvalue weighted by Gasteiger charge is 2.28. The maximum Gasteiger partial charge on any atom is 0.261 e. The van der Waals surface area contributed by atoms with Gasteiger partial charge in [0, 0.05) is 22.1 Å². The maximum atomic E-state index is 13.0. The third-order valence-electron chi connectivity index (χ3n) is 5.31. The summed E-state index contributed by atoms with van der Waals surface area (Å²) < 4.78 is 6.60. The second kappa shape index (κ2) is 10.8. The van der Waals surface area contributed by atoms with Crippen LogP contribution in [0.5, 0.6) is 5.75 Å². The normalized spacial score (nSPS) is 14.9. The molecule has 3 rings (SSSR count). The number of benzene rings is 2. The minimum absolute atomic E-state index is 0.126. The van der Waals surface area contributed by atoms with Crippen molar-refractivity contribution in [3.8, 4) is 5.75 Å². The first kappa shape index (κ1) is 22.6. The summed E-state index contributed by atoms with van der Waals surface area (Å²) >= 11 is 9.32. The number of halogens is 2. The van der Waals surface area contributed by atoms with Gasteiger partial charge in [-0.15, -0.1) is 0 Å². The van der Waals surface area contributed by atoms with E-state index in [0.717, 1.165) is 35.7 Å². The van der Waals surface area contributed by atoms with Crippen LogP contribution in [0.2, 0.25) is 5.02 Å². The Morgan fingerprint density at radius 1 is 1.13 bits per heavy atom. The number of carbonyl (C=O) groups is 2. The molecule has 160 valence electrons. The second-order valence-corrected chi connectivity index (χ2v) is 8.91. The summed E-state index contributed by atoms with van der Waals surface area (Å²) in [6, 6.07) is 14.2. The average Bonchev–Trinajstić information content (AvgIpc) is 3.25. The van der Waals surface area contributed by atoms with E-state index in [9.17, 15) is 9.59 Å². The zero-order valence-electron chi connectivity index (χ0n) is 16.9. The summed E-state index contributed by atoms with van der Waals surface area (Å²) in [6.45, 7) is 1.94. The Kier molecular flexibility index (Phi) is 8.16. The Morgan fingerprint density at radius 2 is 1.77 bits per heavy atom. The van der Waals surface area contributed by atoms with E-state index in [0.29, 0.717) is 17.3 Å². The number of hydrogen-bond donors (Lipinski definition) is 1. The quantitative estimate of drug-likeness (QED) is 0.566. The average molecular weight is 494 g/mol. The van der Waals surface area contributed by atoms with Gasteiger partial charge in [-0.25, -0.2) is 0 Å². The lowest BCUT2D eigenvalue weighted by Crippen LogP contribution is -2.50. The molecule has 1 saturated carbocycles.